The standard InChI is InChI=1S/C38H50N6O13S4/c1-37(2)30-26-28(60(52,53)54)15-17-32(30)43(22-10-24-58(46,47)48)34(37)12-5-4-6-13-35-38(3,19-8-7-14-36(45)40-20-9-21-41-42-39)31-27-29(61(55,56)57)16-18-33(31)44(35)23-11-25-59(49,50)51/h4-6,12-13,15-18,26-27H,7-11,14,19-25H2,1-3H3,(H4-,40,45,46,47,48,49,50,51,52,53,54,55,56,57)/p+1. The molecule has 0 bridgehead atoms. The maximum atomic E-state index is 12.5. The lowest BCUT2D eigenvalue weighted by atomic mass is 9.77. The van der Waals surface area contributed by atoms with E-state index in [1.807, 2.05) is 25.7 Å². The number of anilines is 1. The summed E-state index contributed by atoms with van der Waals surface area (Å²) in [7, 11) is -17.8. The fourth-order valence-electron chi connectivity index (χ4n) is 7.69. The monoisotopic (exact) mass is 927 g/mol. The van der Waals surface area contributed by atoms with Crippen molar-refractivity contribution in [1.82, 2.24) is 5.32 Å². The Kier molecular flexibility index (Phi) is 15.9. The molecule has 0 aromatic heterocycles. The number of nitrogens with one attached hydrogen (secondary N) is 1. The molecule has 0 fully saturated rings. The molecule has 1 atom stereocenters. The number of fused-ring (bicyclic) bond motifs is 2. The molecule has 4 rings (SSSR count). The summed E-state index contributed by atoms with van der Waals surface area (Å²) >= 11 is 0. The second-order valence-corrected chi connectivity index (χ2v) is 21.4. The Hall–Kier alpha value is -4.45. The first-order valence-electron chi connectivity index (χ1n) is 19.2. The van der Waals surface area contributed by atoms with Crippen LogP contribution in [0.25, 0.3) is 10.4 Å². The lowest BCUT2D eigenvalue weighted by Gasteiger charge is -2.30. The molecule has 19 nitrogen and oxygen atoms in total. The molecular formula is C38H51N6O13S4+. The molecule has 1 amide bonds. The van der Waals surface area contributed by atoms with Gasteiger partial charge < -0.3 is 10.2 Å². The highest BCUT2D eigenvalue weighted by molar-refractivity contribution is 7.86. The van der Waals surface area contributed by atoms with E-state index < -0.39 is 62.8 Å². The molecular weight excluding hydrogens is 877 g/mol. The molecule has 1 unspecified atom stereocenters. The van der Waals surface area contributed by atoms with Crippen LogP contribution in [-0.4, -0.2) is 106 Å². The number of nitrogens with zero attached hydrogens (tertiary/aromatic N) is 5. The normalized spacial score (nSPS) is 18.5. The number of benzene rings is 2. The molecule has 2 aromatic carbocycles. The third-order valence-corrected chi connectivity index (χ3v) is 13.9. The van der Waals surface area contributed by atoms with Crippen LogP contribution >= 0.6 is 0 Å². The molecule has 2 aliphatic heterocycles. The Bertz CT molecular complexity index is 2630. The van der Waals surface area contributed by atoms with Gasteiger partial charge in [-0.1, -0.05) is 29.8 Å². The SMILES string of the molecule is CC1(C)C(C=CC=CC=C2N(CCCS(=O)(=O)O)c3ccc(S(=O)(=O)O)cc3C2(C)CCCCC(=O)NCCCN=[N+]=[N-])=[N+](CCCS(=O)(=O)O)c2ccc(S(=O)(=O)O)cc21. The summed E-state index contributed by atoms with van der Waals surface area (Å²) in [5.74, 6) is -1.27. The number of carbonyl (C=O) groups excluding carboxylic acids is 1. The molecule has 0 saturated carbocycles. The number of hydrogen-bond acceptors (Lipinski definition) is 11. The molecule has 2 aliphatic rings. The third kappa shape index (κ3) is 13.0. The first kappa shape index (κ1) is 49.2. The molecule has 0 aliphatic carbocycles. The van der Waals surface area contributed by atoms with Gasteiger partial charge in [0.2, 0.25) is 11.6 Å². The third-order valence-electron chi connectivity index (χ3n) is 10.6. The van der Waals surface area contributed by atoms with Crippen LogP contribution in [-0.2, 0) is 56.1 Å². The Morgan fingerprint density at radius 1 is 0.820 bits per heavy atom. The van der Waals surface area contributed by atoms with Gasteiger partial charge in [0.05, 0.1) is 26.7 Å². The van der Waals surface area contributed by atoms with Crippen molar-refractivity contribution in [3.63, 3.8) is 0 Å². The van der Waals surface area contributed by atoms with Crippen molar-refractivity contribution in [3.05, 3.63) is 94.0 Å². The van der Waals surface area contributed by atoms with Crippen molar-refractivity contribution in [2.24, 2.45) is 5.11 Å². The Labute approximate surface area is 356 Å². The van der Waals surface area contributed by atoms with Gasteiger partial charge in [-0.05, 0) is 94.0 Å². The topological polar surface area (TPSA) is 302 Å². The quantitative estimate of drug-likeness (QED) is 0.0191. The molecule has 61 heavy (non-hydrogen) atoms. The van der Waals surface area contributed by atoms with Crippen LogP contribution < -0.4 is 10.2 Å². The highest BCUT2D eigenvalue weighted by Gasteiger charge is 2.45. The zero-order valence-corrected chi connectivity index (χ0v) is 37.1. The van der Waals surface area contributed by atoms with Crippen molar-refractivity contribution in [3.8, 4) is 0 Å². The minimum atomic E-state index is -4.63. The zero-order valence-electron chi connectivity index (χ0n) is 33.9. The van der Waals surface area contributed by atoms with Crippen molar-refractivity contribution >= 4 is 63.5 Å². The van der Waals surface area contributed by atoms with E-state index in [-0.39, 0.29) is 54.6 Å². The largest absolute Gasteiger partial charge is 0.356 e. The maximum Gasteiger partial charge on any atom is 0.294 e. The summed E-state index contributed by atoms with van der Waals surface area (Å²) in [4.78, 5) is 16.3. The van der Waals surface area contributed by atoms with Gasteiger partial charge in [-0.2, -0.15) is 38.2 Å². The van der Waals surface area contributed by atoms with Gasteiger partial charge in [-0.15, -0.1) is 0 Å². The average molecular weight is 928 g/mol. The lowest BCUT2D eigenvalue weighted by Crippen LogP contribution is -2.30. The van der Waals surface area contributed by atoms with Crippen LogP contribution in [0.15, 0.2) is 87.4 Å². The predicted octanol–water partition coefficient (Wildman–Crippen LogP) is 5.26. The van der Waals surface area contributed by atoms with Crippen LogP contribution in [0.4, 0.5) is 11.4 Å². The molecule has 2 aromatic rings. The summed E-state index contributed by atoms with van der Waals surface area (Å²) in [6.07, 6.45) is 10.6. The van der Waals surface area contributed by atoms with Gasteiger partial charge in [0, 0.05) is 71.9 Å². The van der Waals surface area contributed by atoms with Gasteiger partial charge in [0.15, 0.2) is 5.71 Å². The molecule has 5 N–H and O–H groups in total. The molecule has 2 heterocycles. The Morgan fingerprint density at radius 2 is 1.44 bits per heavy atom. The minimum absolute atomic E-state index is 0.00408. The van der Waals surface area contributed by atoms with Crippen molar-refractivity contribution in [1.29, 1.82) is 0 Å². The number of amides is 1. The fraction of sp³-hybridized carbons (Fsp3) is 0.474. The molecule has 23 heteroatoms. The van der Waals surface area contributed by atoms with Crippen molar-refractivity contribution < 1.29 is 61.3 Å². The number of carbonyl (C=O) groups is 1. The molecule has 0 saturated heterocycles. The lowest BCUT2D eigenvalue weighted by molar-refractivity contribution is -0.437. The average Bonchev–Trinajstić information content (AvgIpc) is 3.50. The van der Waals surface area contributed by atoms with Crippen LogP contribution in [0.2, 0.25) is 0 Å². The smallest absolute Gasteiger partial charge is 0.294 e. The van der Waals surface area contributed by atoms with E-state index in [0.29, 0.717) is 66.1 Å². The van der Waals surface area contributed by atoms with Gasteiger partial charge in [-0.3, -0.25) is 23.0 Å². The second kappa shape index (κ2) is 19.7. The van der Waals surface area contributed by atoms with E-state index in [0.717, 1.165) is 0 Å². The molecule has 0 radical (unpaired) electrons. The van der Waals surface area contributed by atoms with E-state index in [9.17, 15) is 56.7 Å². The number of azide groups is 1. The fourth-order valence-corrected chi connectivity index (χ4v) is 9.70. The minimum Gasteiger partial charge on any atom is -0.356 e. The van der Waals surface area contributed by atoms with Crippen LogP contribution in [0.1, 0.15) is 76.8 Å². The first-order valence-corrected chi connectivity index (χ1v) is 25.3. The van der Waals surface area contributed by atoms with E-state index in [4.69, 9.17) is 5.53 Å². The highest BCUT2D eigenvalue weighted by Crippen LogP contribution is 2.51. The Morgan fingerprint density at radius 3 is 2.07 bits per heavy atom. The van der Waals surface area contributed by atoms with Gasteiger partial charge >= 0.3 is 0 Å². The van der Waals surface area contributed by atoms with E-state index in [2.05, 4.69) is 15.3 Å². The summed E-state index contributed by atoms with van der Waals surface area (Å²) in [5, 5.41) is 6.21. The van der Waals surface area contributed by atoms with Gasteiger partial charge in [-0.25, -0.2) is 0 Å². The van der Waals surface area contributed by atoms with Crippen LogP contribution in [0.3, 0.4) is 0 Å². The predicted molar refractivity (Wildman–Crippen MR) is 229 cm³/mol. The van der Waals surface area contributed by atoms with Crippen molar-refractivity contribution in [2.45, 2.75) is 86.3 Å². The summed E-state index contributed by atoms with van der Waals surface area (Å²) < 4.78 is 135. The van der Waals surface area contributed by atoms with Crippen LogP contribution in [0.5, 0.6) is 0 Å². The van der Waals surface area contributed by atoms with Gasteiger partial charge in [0.1, 0.15) is 6.54 Å². The number of rotatable bonds is 22. The first-order chi connectivity index (χ1) is 28.3. The molecule has 334 valence electrons. The second-order valence-electron chi connectivity index (χ2n) is 15.4. The summed E-state index contributed by atoms with van der Waals surface area (Å²) in [5.41, 5.74) is 10.1. The summed E-state index contributed by atoms with van der Waals surface area (Å²) in [6.45, 7) is 6.33. The Balaban J connectivity index is 1.72. The maximum absolute atomic E-state index is 12.5. The zero-order chi connectivity index (χ0) is 45.4. The number of allylic oxidation sites excluding steroid dienone is 6. The highest BCUT2D eigenvalue weighted by atomic mass is 32.2. The van der Waals surface area contributed by atoms with E-state index in [1.165, 1.54) is 36.4 Å². The van der Waals surface area contributed by atoms with Gasteiger partial charge in [0.25, 0.3) is 40.5 Å². The summed E-state index contributed by atoms with van der Waals surface area (Å²) in [6, 6.07) is 8.21. The number of hydrogen-bond donors (Lipinski definition) is 5. The van der Waals surface area contributed by atoms with Crippen LogP contribution in [0, 0.1) is 0 Å². The van der Waals surface area contributed by atoms with Crippen molar-refractivity contribution in [2.75, 3.05) is 42.6 Å². The number of unbranched alkanes of at least 4 members (excludes halogenated alkanes) is 1. The van der Waals surface area contributed by atoms with E-state index >= 15 is 0 Å². The molecule has 0 spiro atoms. The van der Waals surface area contributed by atoms with E-state index in [1.54, 1.807) is 35.0 Å².